The fourth-order valence-electron chi connectivity index (χ4n) is 1.26. The van der Waals surface area contributed by atoms with E-state index in [-0.39, 0.29) is 12.2 Å². The number of rotatable bonds is 3. The van der Waals surface area contributed by atoms with E-state index in [0.29, 0.717) is 11.8 Å². The van der Waals surface area contributed by atoms with Crippen LogP contribution in [0.5, 0.6) is 0 Å². The number of halogens is 3. The third-order valence-corrected chi connectivity index (χ3v) is 2.02. The molecule has 0 bridgehead atoms. The molecule has 1 aromatic heterocycles. The van der Waals surface area contributed by atoms with Crippen LogP contribution in [0, 0.1) is 17.5 Å². The van der Waals surface area contributed by atoms with Gasteiger partial charge in [-0.1, -0.05) is 0 Å². The van der Waals surface area contributed by atoms with E-state index < -0.39 is 17.5 Å². The number of anilines is 1. The van der Waals surface area contributed by atoms with E-state index in [1.54, 1.807) is 6.07 Å². The van der Waals surface area contributed by atoms with Crippen LogP contribution in [0.2, 0.25) is 0 Å². The van der Waals surface area contributed by atoms with E-state index in [0.717, 1.165) is 6.07 Å². The van der Waals surface area contributed by atoms with Crippen molar-refractivity contribution in [3.63, 3.8) is 0 Å². The largest absolute Gasteiger partial charge is 0.377 e. The van der Waals surface area contributed by atoms with Gasteiger partial charge in [-0.3, -0.25) is 5.10 Å². The number of aromatic nitrogens is 2. The highest BCUT2D eigenvalue weighted by Crippen LogP contribution is 2.19. The SMILES string of the molecule is Fc1cc(F)c(F)c(NCc2ccn[nH]2)c1. The molecule has 1 heterocycles. The number of hydrogen-bond acceptors (Lipinski definition) is 2. The maximum atomic E-state index is 13.2. The predicted octanol–water partition coefficient (Wildman–Crippen LogP) is 2.44. The minimum atomic E-state index is -1.22. The van der Waals surface area contributed by atoms with Crippen molar-refractivity contribution < 1.29 is 13.2 Å². The van der Waals surface area contributed by atoms with E-state index in [9.17, 15) is 13.2 Å². The maximum Gasteiger partial charge on any atom is 0.182 e. The average Bonchev–Trinajstić information content (AvgIpc) is 2.74. The molecule has 0 unspecified atom stereocenters. The molecule has 3 nitrogen and oxygen atoms in total. The smallest absolute Gasteiger partial charge is 0.182 e. The molecule has 0 aliphatic carbocycles. The molecule has 2 N–H and O–H groups in total. The zero-order chi connectivity index (χ0) is 11.5. The van der Waals surface area contributed by atoms with Gasteiger partial charge in [-0.15, -0.1) is 0 Å². The van der Waals surface area contributed by atoms with Gasteiger partial charge < -0.3 is 5.32 Å². The first kappa shape index (κ1) is 10.5. The van der Waals surface area contributed by atoms with Crippen molar-refractivity contribution in [3.8, 4) is 0 Å². The zero-order valence-electron chi connectivity index (χ0n) is 8.10. The van der Waals surface area contributed by atoms with Gasteiger partial charge in [-0.2, -0.15) is 5.10 Å². The van der Waals surface area contributed by atoms with Gasteiger partial charge in [0.05, 0.1) is 17.9 Å². The Hall–Kier alpha value is -1.98. The Labute approximate surface area is 89.3 Å². The predicted molar refractivity (Wildman–Crippen MR) is 52.2 cm³/mol. The molecule has 0 saturated heterocycles. The van der Waals surface area contributed by atoms with Crippen LogP contribution in [-0.4, -0.2) is 10.2 Å². The number of nitrogens with one attached hydrogen (secondary N) is 2. The lowest BCUT2D eigenvalue weighted by Gasteiger charge is -2.06. The summed E-state index contributed by atoms with van der Waals surface area (Å²) in [7, 11) is 0. The quantitative estimate of drug-likeness (QED) is 0.790. The summed E-state index contributed by atoms with van der Waals surface area (Å²) < 4.78 is 38.8. The second kappa shape index (κ2) is 4.26. The Bertz CT molecular complexity index is 482. The van der Waals surface area contributed by atoms with E-state index in [1.807, 2.05) is 0 Å². The number of H-pyrrole nitrogens is 1. The summed E-state index contributed by atoms with van der Waals surface area (Å²) in [6.45, 7) is 0.208. The Morgan fingerprint density at radius 2 is 2.06 bits per heavy atom. The third-order valence-electron chi connectivity index (χ3n) is 2.02. The molecule has 0 radical (unpaired) electrons. The molecule has 2 rings (SSSR count). The minimum Gasteiger partial charge on any atom is -0.377 e. The van der Waals surface area contributed by atoms with Crippen LogP contribution in [0.25, 0.3) is 0 Å². The van der Waals surface area contributed by atoms with Crippen molar-refractivity contribution in [3.05, 3.63) is 47.5 Å². The molecule has 2 aromatic rings. The molecular formula is C10H8F3N3. The first-order valence-electron chi connectivity index (χ1n) is 4.53. The van der Waals surface area contributed by atoms with Crippen LogP contribution in [0.1, 0.15) is 5.69 Å². The Balaban J connectivity index is 2.15. The van der Waals surface area contributed by atoms with Crippen LogP contribution < -0.4 is 5.32 Å². The third kappa shape index (κ3) is 2.16. The monoisotopic (exact) mass is 227 g/mol. The molecule has 0 saturated carbocycles. The lowest BCUT2D eigenvalue weighted by Crippen LogP contribution is -2.04. The molecule has 1 aromatic carbocycles. The van der Waals surface area contributed by atoms with Gasteiger partial charge in [-0.25, -0.2) is 13.2 Å². The number of benzene rings is 1. The first-order chi connectivity index (χ1) is 7.66. The molecule has 0 fully saturated rings. The summed E-state index contributed by atoms with van der Waals surface area (Å²) in [4.78, 5) is 0. The summed E-state index contributed by atoms with van der Waals surface area (Å²) in [5.41, 5.74) is 0.469. The van der Waals surface area contributed by atoms with Crippen molar-refractivity contribution in [2.75, 3.05) is 5.32 Å². The normalized spacial score (nSPS) is 10.4. The van der Waals surface area contributed by atoms with E-state index in [4.69, 9.17) is 0 Å². The topological polar surface area (TPSA) is 40.7 Å². The highest BCUT2D eigenvalue weighted by Gasteiger charge is 2.10. The van der Waals surface area contributed by atoms with Crippen molar-refractivity contribution in [1.82, 2.24) is 10.2 Å². The fraction of sp³-hybridized carbons (Fsp3) is 0.100. The van der Waals surface area contributed by atoms with Gasteiger partial charge in [0.15, 0.2) is 11.6 Å². The molecule has 84 valence electrons. The van der Waals surface area contributed by atoms with Crippen LogP contribution in [0.3, 0.4) is 0 Å². The van der Waals surface area contributed by atoms with E-state index in [2.05, 4.69) is 15.5 Å². The first-order valence-corrected chi connectivity index (χ1v) is 4.53. The summed E-state index contributed by atoms with van der Waals surface area (Å²) in [5.74, 6) is -3.14. The lowest BCUT2D eigenvalue weighted by atomic mass is 10.2. The highest BCUT2D eigenvalue weighted by molar-refractivity contribution is 5.45. The molecule has 0 amide bonds. The zero-order valence-corrected chi connectivity index (χ0v) is 8.10. The minimum absolute atomic E-state index is 0.208. The van der Waals surface area contributed by atoms with Gasteiger partial charge in [-0.05, 0) is 6.07 Å². The molecule has 6 heteroatoms. The molecular weight excluding hydrogens is 219 g/mol. The van der Waals surface area contributed by atoms with Gasteiger partial charge in [0.2, 0.25) is 0 Å². The van der Waals surface area contributed by atoms with Crippen LogP contribution in [0.4, 0.5) is 18.9 Å². The van der Waals surface area contributed by atoms with E-state index in [1.165, 1.54) is 6.20 Å². The van der Waals surface area contributed by atoms with Crippen LogP contribution in [0.15, 0.2) is 24.4 Å². The van der Waals surface area contributed by atoms with Gasteiger partial charge in [0, 0.05) is 18.3 Å². The summed E-state index contributed by atoms with van der Waals surface area (Å²) in [5, 5.41) is 8.89. The van der Waals surface area contributed by atoms with Crippen molar-refractivity contribution in [2.45, 2.75) is 6.54 Å². The molecule has 0 aliphatic rings. The Morgan fingerprint density at radius 3 is 2.75 bits per heavy atom. The highest BCUT2D eigenvalue weighted by atomic mass is 19.2. The van der Waals surface area contributed by atoms with Gasteiger partial charge in [0.25, 0.3) is 0 Å². The van der Waals surface area contributed by atoms with Crippen molar-refractivity contribution >= 4 is 5.69 Å². The average molecular weight is 227 g/mol. The van der Waals surface area contributed by atoms with Crippen molar-refractivity contribution in [2.24, 2.45) is 0 Å². The lowest BCUT2D eigenvalue weighted by molar-refractivity contribution is 0.497. The van der Waals surface area contributed by atoms with Crippen LogP contribution in [-0.2, 0) is 6.54 Å². The molecule has 0 atom stereocenters. The molecule has 16 heavy (non-hydrogen) atoms. The standard InChI is InChI=1S/C10H8F3N3/c11-6-3-8(12)10(13)9(4-6)14-5-7-1-2-15-16-7/h1-4,14H,5H2,(H,15,16). The summed E-state index contributed by atoms with van der Waals surface area (Å²) >= 11 is 0. The second-order valence-electron chi connectivity index (χ2n) is 3.18. The number of aromatic amines is 1. The summed E-state index contributed by atoms with van der Waals surface area (Å²) in [6, 6.07) is 3.06. The molecule has 0 aliphatic heterocycles. The van der Waals surface area contributed by atoms with E-state index >= 15 is 0 Å². The van der Waals surface area contributed by atoms with Gasteiger partial charge >= 0.3 is 0 Å². The number of nitrogens with zero attached hydrogens (tertiary/aromatic N) is 1. The molecule has 0 spiro atoms. The Morgan fingerprint density at radius 1 is 1.25 bits per heavy atom. The number of hydrogen-bond donors (Lipinski definition) is 2. The maximum absolute atomic E-state index is 13.2. The van der Waals surface area contributed by atoms with Crippen molar-refractivity contribution in [1.29, 1.82) is 0 Å². The van der Waals surface area contributed by atoms with Gasteiger partial charge in [0.1, 0.15) is 5.82 Å². The van der Waals surface area contributed by atoms with Crippen LogP contribution >= 0.6 is 0 Å². The summed E-state index contributed by atoms with van der Waals surface area (Å²) in [6.07, 6.45) is 1.53. The second-order valence-corrected chi connectivity index (χ2v) is 3.18. The fourth-order valence-corrected chi connectivity index (χ4v) is 1.26. The Kier molecular flexibility index (Phi) is 2.80.